The van der Waals surface area contributed by atoms with Gasteiger partial charge in [0.15, 0.2) is 0 Å². The largest absolute Gasteiger partial charge is 0.382 e. The van der Waals surface area contributed by atoms with E-state index in [1.807, 2.05) is 12.1 Å². The van der Waals surface area contributed by atoms with E-state index in [0.29, 0.717) is 17.0 Å². The molecule has 0 saturated heterocycles. The molecule has 0 aliphatic heterocycles. The average Bonchev–Trinajstić information content (AvgIpc) is 2.99. The van der Waals surface area contributed by atoms with Crippen molar-refractivity contribution >= 4 is 17.6 Å². The predicted octanol–water partition coefficient (Wildman–Crippen LogP) is 3.41. The summed E-state index contributed by atoms with van der Waals surface area (Å²) in [5.41, 5.74) is 6.84. The maximum atomic E-state index is 11.9. The van der Waals surface area contributed by atoms with E-state index in [4.69, 9.17) is 5.73 Å². The van der Waals surface area contributed by atoms with Gasteiger partial charge in [0, 0.05) is 17.3 Å². The van der Waals surface area contributed by atoms with E-state index in [9.17, 15) is 9.59 Å². The van der Waals surface area contributed by atoms with Crippen molar-refractivity contribution in [3.05, 3.63) is 29.8 Å². The number of benzene rings is 1. The first kappa shape index (κ1) is 15.8. The molecule has 1 atom stereocenters. The summed E-state index contributed by atoms with van der Waals surface area (Å²) >= 11 is 0. The van der Waals surface area contributed by atoms with E-state index < -0.39 is 11.9 Å². The molecule has 0 heterocycles. The SMILES string of the molecule is NC(=O)NC(=O)c1cccc(NC2CCCCC23CCCC3)c1. The fraction of sp³-hybridized carbons (Fsp3) is 0.556. The van der Waals surface area contributed by atoms with Crippen molar-refractivity contribution in [2.45, 2.75) is 57.4 Å². The van der Waals surface area contributed by atoms with Crippen LogP contribution in [-0.2, 0) is 0 Å². The van der Waals surface area contributed by atoms with Crippen molar-refractivity contribution in [1.82, 2.24) is 5.32 Å². The lowest BCUT2D eigenvalue weighted by Gasteiger charge is -2.42. The van der Waals surface area contributed by atoms with Gasteiger partial charge in [0.25, 0.3) is 5.91 Å². The number of carbonyl (C=O) groups is 2. The van der Waals surface area contributed by atoms with Crippen LogP contribution in [0, 0.1) is 5.41 Å². The number of imide groups is 1. The number of amides is 3. The van der Waals surface area contributed by atoms with Crippen molar-refractivity contribution in [2.24, 2.45) is 11.1 Å². The molecule has 2 saturated carbocycles. The maximum absolute atomic E-state index is 11.9. The molecule has 4 N–H and O–H groups in total. The van der Waals surface area contributed by atoms with Gasteiger partial charge < -0.3 is 11.1 Å². The Bertz CT molecular complexity index is 594. The Morgan fingerprint density at radius 1 is 1.09 bits per heavy atom. The van der Waals surface area contributed by atoms with Crippen molar-refractivity contribution < 1.29 is 9.59 Å². The topological polar surface area (TPSA) is 84.2 Å². The van der Waals surface area contributed by atoms with Crippen LogP contribution in [0.15, 0.2) is 24.3 Å². The third-order valence-corrected chi connectivity index (χ3v) is 5.46. The number of primary amides is 1. The molecule has 1 unspecified atom stereocenters. The number of hydrogen-bond acceptors (Lipinski definition) is 3. The number of rotatable bonds is 3. The van der Waals surface area contributed by atoms with Crippen molar-refractivity contribution in [2.75, 3.05) is 5.32 Å². The van der Waals surface area contributed by atoms with Crippen LogP contribution < -0.4 is 16.4 Å². The molecular weight excluding hydrogens is 290 g/mol. The lowest BCUT2D eigenvalue weighted by atomic mass is 9.69. The molecule has 5 nitrogen and oxygen atoms in total. The molecule has 3 amide bonds. The summed E-state index contributed by atoms with van der Waals surface area (Å²) in [6.07, 6.45) is 10.4. The number of anilines is 1. The van der Waals surface area contributed by atoms with Crippen LogP contribution in [0.3, 0.4) is 0 Å². The maximum Gasteiger partial charge on any atom is 0.319 e. The number of nitrogens with two attached hydrogens (primary N) is 1. The third kappa shape index (κ3) is 3.49. The molecular formula is C18H25N3O2. The van der Waals surface area contributed by atoms with Gasteiger partial charge in [-0.15, -0.1) is 0 Å². The number of urea groups is 1. The molecule has 1 aromatic carbocycles. The zero-order valence-corrected chi connectivity index (χ0v) is 13.4. The monoisotopic (exact) mass is 315 g/mol. The lowest BCUT2D eigenvalue weighted by Crippen LogP contribution is -2.41. The van der Waals surface area contributed by atoms with Gasteiger partial charge >= 0.3 is 6.03 Å². The van der Waals surface area contributed by atoms with Gasteiger partial charge in [0.05, 0.1) is 0 Å². The van der Waals surface area contributed by atoms with Crippen molar-refractivity contribution in [3.8, 4) is 0 Å². The molecule has 2 fully saturated rings. The lowest BCUT2D eigenvalue weighted by molar-refractivity contribution is 0.0966. The second-order valence-electron chi connectivity index (χ2n) is 6.91. The van der Waals surface area contributed by atoms with Gasteiger partial charge in [-0.3, -0.25) is 10.1 Å². The van der Waals surface area contributed by atoms with Crippen LogP contribution in [0.5, 0.6) is 0 Å². The summed E-state index contributed by atoms with van der Waals surface area (Å²) in [4.78, 5) is 22.7. The van der Waals surface area contributed by atoms with Crippen molar-refractivity contribution in [3.63, 3.8) is 0 Å². The highest BCUT2D eigenvalue weighted by Gasteiger charge is 2.42. The first-order valence-corrected chi connectivity index (χ1v) is 8.56. The highest BCUT2D eigenvalue weighted by atomic mass is 16.2. The van der Waals surface area contributed by atoms with E-state index in [1.165, 1.54) is 51.4 Å². The second kappa shape index (κ2) is 6.60. The second-order valence-corrected chi connectivity index (χ2v) is 6.91. The third-order valence-electron chi connectivity index (χ3n) is 5.46. The highest BCUT2D eigenvalue weighted by Crippen LogP contribution is 2.49. The van der Waals surface area contributed by atoms with Crippen LogP contribution in [-0.4, -0.2) is 18.0 Å². The molecule has 1 aromatic rings. The normalized spacial score (nSPS) is 22.7. The predicted molar refractivity (Wildman–Crippen MR) is 90.3 cm³/mol. The average molecular weight is 315 g/mol. The van der Waals surface area contributed by atoms with Gasteiger partial charge in [0.1, 0.15) is 0 Å². The Morgan fingerprint density at radius 2 is 1.78 bits per heavy atom. The Morgan fingerprint density at radius 3 is 2.48 bits per heavy atom. The Hall–Kier alpha value is -2.04. The van der Waals surface area contributed by atoms with E-state index in [0.717, 1.165) is 5.69 Å². The molecule has 0 aromatic heterocycles. The fourth-order valence-electron chi connectivity index (χ4n) is 4.34. The smallest absolute Gasteiger partial charge is 0.319 e. The molecule has 0 bridgehead atoms. The Balaban J connectivity index is 1.74. The van der Waals surface area contributed by atoms with E-state index in [2.05, 4.69) is 10.6 Å². The summed E-state index contributed by atoms with van der Waals surface area (Å²) in [6, 6.07) is 6.96. The van der Waals surface area contributed by atoms with E-state index in [1.54, 1.807) is 12.1 Å². The molecule has 2 aliphatic rings. The van der Waals surface area contributed by atoms with Gasteiger partial charge in [0.2, 0.25) is 0 Å². The minimum absolute atomic E-state index is 0.434. The highest BCUT2D eigenvalue weighted by molar-refractivity contribution is 6.04. The zero-order valence-electron chi connectivity index (χ0n) is 13.4. The quantitative estimate of drug-likeness (QED) is 0.799. The summed E-state index contributed by atoms with van der Waals surface area (Å²) in [5, 5.41) is 5.78. The molecule has 0 radical (unpaired) electrons. The number of nitrogens with one attached hydrogen (secondary N) is 2. The minimum atomic E-state index is -0.828. The van der Waals surface area contributed by atoms with Gasteiger partial charge in [-0.25, -0.2) is 4.79 Å². The molecule has 124 valence electrons. The van der Waals surface area contributed by atoms with Gasteiger partial charge in [-0.2, -0.15) is 0 Å². The minimum Gasteiger partial charge on any atom is -0.382 e. The molecule has 2 aliphatic carbocycles. The summed E-state index contributed by atoms with van der Waals surface area (Å²) in [7, 11) is 0. The van der Waals surface area contributed by atoms with Crippen LogP contribution in [0.4, 0.5) is 10.5 Å². The van der Waals surface area contributed by atoms with E-state index >= 15 is 0 Å². The van der Waals surface area contributed by atoms with E-state index in [-0.39, 0.29) is 0 Å². The molecule has 3 rings (SSSR count). The number of carbonyl (C=O) groups excluding carboxylic acids is 2. The van der Waals surface area contributed by atoms with Crippen LogP contribution in [0.1, 0.15) is 61.7 Å². The first-order valence-electron chi connectivity index (χ1n) is 8.56. The van der Waals surface area contributed by atoms with Crippen LogP contribution in [0.25, 0.3) is 0 Å². The standard InChI is InChI=1S/C18H25N3O2/c19-17(23)21-16(22)13-6-5-7-14(12-13)20-15-8-1-2-9-18(15)10-3-4-11-18/h5-7,12,15,20H,1-4,8-11H2,(H3,19,21,22,23). The summed E-state index contributed by atoms with van der Waals surface area (Å²) in [5.74, 6) is -0.458. The van der Waals surface area contributed by atoms with Gasteiger partial charge in [-0.1, -0.05) is 31.7 Å². The summed E-state index contributed by atoms with van der Waals surface area (Å²) < 4.78 is 0. The fourth-order valence-corrected chi connectivity index (χ4v) is 4.34. The van der Waals surface area contributed by atoms with Crippen LogP contribution >= 0.6 is 0 Å². The molecule has 23 heavy (non-hydrogen) atoms. The van der Waals surface area contributed by atoms with Gasteiger partial charge in [-0.05, 0) is 49.3 Å². The van der Waals surface area contributed by atoms with Crippen LogP contribution in [0.2, 0.25) is 0 Å². The molecule has 5 heteroatoms. The zero-order chi connectivity index (χ0) is 16.3. The Labute approximate surface area is 137 Å². The first-order chi connectivity index (χ1) is 11.1. The molecule has 1 spiro atoms. The van der Waals surface area contributed by atoms with Crippen molar-refractivity contribution in [1.29, 1.82) is 0 Å². The summed E-state index contributed by atoms with van der Waals surface area (Å²) in [6.45, 7) is 0. The number of hydrogen-bond donors (Lipinski definition) is 3. The Kier molecular flexibility index (Phi) is 4.55.